The number of pyridine rings is 1. The van der Waals surface area contributed by atoms with Crippen LogP contribution in [0.1, 0.15) is 10.4 Å². The summed E-state index contributed by atoms with van der Waals surface area (Å²) in [5.41, 5.74) is 0.397. The van der Waals surface area contributed by atoms with E-state index in [1.165, 1.54) is 13.3 Å². The molecule has 0 aliphatic rings. The minimum absolute atomic E-state index is 0.140. The molecule has 0 fully saturated rings. The first-order valence-electron chi connectivity index (χ1n) is 5.21. The second-order valence-electron chi connectivity index (χ2n) is 3.29. The molecule has 1 amide bonds. The number of rotatable bonds is 7. The molecule has 0 radical (unpaired) electrons. The van der Waals surface area contributed by atoms with Gasteiger partial charge in [0.25, 0.3) is 5.91 Å². The number of nitrogens with one attached hydrogen (secondary N) is 1. The average molecular weight is 254 g/mol. The van der Waals surface area contributed by atoms with Crippen molar-refractivity contribution in [1.29, 1.82) is 0 Å². The Labute approximate surface area is 104 Å². The zero-order valence-corrected chi connectivity index (χ0v) is 9.88. The van der Waals surface area contributed by atoms with Crippen molar-refractivity contribution in [3.63, 3.8) is 0 Å². The summed E-state index contributed by atoms with van der Waals surface area (Å²) in [6, 6.07) is 3.16. The smallest absolute Gasteiger partial charge is 0.329 e. The van der Waals surface area contributed by atoms with Gasteiger partial charge in [0.2, 0.25) is 5.88 Å². The van der Waals surface area contributed by atoms with Crippen molar-refractivity contribution >= 4 is 11.9 Å². The molecule has 0 unspecified atom stereocenters. The second kappa shape index (κ2) is 7.23. The highest BCUT2D eigenvalue weighted by Crippen LogP contribution is 2.06. The molecule has 18 heavy (non-hydrogen) atoms. The van der Waals surface area contributed by atoms with Crippen LogP contribution in [0.5, 0.6) is 5.88 Å². The lowest BCUT2D eigenvalue weighted by Crippen LogP contribution is -2.28. The van der Waals surface area contributed by atoms with Crippen LogP contribution in [0, 0.1) is 0 Å². The van der Waals surface area contributed by atoms with E-state index in [9.17, 15) is 9.59 Å². The number of amides is 1. The van der Waals surface area contributed by atoms with Crippen molar-refractivity contribution in [3.05, 3.63) is 23.9 Å². The molecule has 0 aromatic carbocycles. The van der Waals surface area contributed by atoms with Gasteiger partial charge < -0.3 is 19.9 Å². The van der Waals surface area contributed by atoms with E-state index in [0.717, 1.165) is 0 Å². The van der Waals surface area contributed by atoms with Gasteiger partial charge in [-0.25, -0.2) is 9.78 Å². The molecule has 0 saturated carbocycles. The SMILES string of the molecule is COc1ccc(C(=O)NCCOCC(=O)O)cn1. The van der Waals surface area contributed by atoms with E-state index >= 15 is 0 Å². The summed E-state index contributed by atoms with van der Waals surface area (Å²) in [6.45, 7) is -0.000270. The summed E-state index contributed by atoms with van der Waals surface area (Å²) in [5, 5.41) is 10.9. The minimum Gasteiger partial charge on any atom is -0.481 e. The second-order valence-corrected chi connectivity index (χ2v) is 3.29. The Morgan fingerprint density at radius 3 is 2.78 bits per heavy atom. The maximum absolute atomic E-state index is 11.6. The number of hydrogen-bond donors (Lipinski definition) is 2. The van der Waals surface area contributed by atoms with Gasteiger partial charge >= 0.3 is 5.97 Å². The monoisotopic (exact) mass is 254 g/mol. The minimum atomic E-state index is -1.04. The summed E-state index contributed by atoms with van der Waals surface area (Å²) in [4.78, 5) is 25.6. The van der Waals surface area contributed by atoms with Crippen LogP contribution in [0.3, 0.4) is 0 Å². The van der Waals surface area contributed by atoms with Crippen LogP contribution >= 0.6 is 0 Å². The van der Waals surface area contributed by atoms with E-state index in [2.05, 4.69) is 10.3 Å². The van der Waals surface area contributed by atoms with Crippen LogP contribution in [-0.2, 0) is 9.53 Å². The van der Waals surface area contributed by atoms with Gasteiger partial charge in [-0.2, -0.15) is 0 Å². The zero-order chi connectivity index (χ0) is 13.4. The first kappa shape index (κ1) is 13.9. The van der Waals surface area contributed by atoms with Crippen molar-refractivity contribution < 1.29 is 24.2 Å². The molecule has 7 heteroatoms. The molecule has 0 aliphatic carbocycles. The lowest BCUT2D eigenvalue weighted by Gasteiger charge is -2.05. The molecule has 2 N–H and O–H groups in total. The highest BCUT2D eigenvalue weighted by Gasteiger charge is 2.05. The van der Waals surface area contributed by atoms with Crippen LogP contribution in [0.25, 0.3) is 0 Å². The van der Waals surface area contributed by atoms with Crippen molar-refractivity contribution in [3.8, 4) is 5.88 Å². The Balaban J connectivity index is 2.29. The number of carboxylic acids is 1. The van der Waals surface area contributed by atoms with Gasteiger partial charge in [0.05, 0.1) is 19.3 Å². The predicted molar refractivity (Wildman–Crippen MR) is 61.6 cm³/mol. The Morgan fingerprint density at radius 2 is 2.22 bits per heavy atom. The van der Waals surface area contributed by atoms with Crippen LogP contribution < -0.4 is 10.1 Å². The van der Waals surface area contributed by atoms with E-state index in [0.29, 0.717) is 11.4 Å². The maximum atomic E-state index is 11.6. The van der Waals surface area contributed by atoms with Crippen LogP contribution in [-0.4, -0.2) is 48.8 Å². The molecular formula is C11H14N2O5. The van der Waals surface area contributed by atoms with Gasteiger partial charge in [0, 0.05) is 18.8 Å². The topological polar surface area (TPSA) is 97.8 Å². The fourth-order valence-electron chi connectivity index (χ4n) is 1.13. The molecule has 98 valence electrons. The Bertz CT molecular complexity index is 404. The fraction of sp³-hybridized carbons (Fsp3) is 0.364. The Morgan fingerprint density at radius 1 is 1.44 bits per heavy atom. The van der Waals surface area contributed by atoms with Crippen molar-refractivity contribution in [1.82, 2.24) is 10.3 Å². The molecule has 1 rings (SSSR count). The number of aromatic nitrogens is 1. The van der Waals surface area contributed by atoms with Gasteiger partial charge in [-0.3, -0.25) is 4.79 Å². The quantitative estimate of drug-likeness (QED) is 0.660. The zero-order valence-electron chi connectivity index (χ0n) is 9.88. The van der Waals surface area contributed by atoms with Crippen molar-refractivity contribution in [2.45, 2.75) is 0 Å². The highest BCUT2D eigenvalue weighted by molar-refractivity contribution is 5.93. The Kier molecular flexibility index (Phi) is 5.59. The van der Waals surface area contributed by atoms with Crippen LogP contribution in [0.2, 0.25) is 0 Å². The molecule has 7 nitrogen and oxygen atoms in total. The first-order valence-corrected chi connectivity index (χ1v) is 5.21. The van der Waals surface area contributed by atoms with Gasteiger partial charge in [0.15, 0.2) is 0 Å². The molecule has 1 heterocycles. The molecule has 0 spiro atoms. The normalized spacial score (nSPS) is 9.83. The molecule has 1 aromatic heterocycles. The number of nitrogens with zero attached hydrogens (tertiary/aromatic N) is 1. The first-order chi connectivity index (χ1) is 8.63. The van der Waals surface area contributed by atoms with Gasteiger partial charge in [-0.1, -0.05) is 0 Å². The predicted octanol–water partition coefficient (Wildman–Crippen LogP) is -0.0788. The third-order valence-corrected chi connectivity index (χ3v) is 1.97. The molecule has 0 atom stereocenters. The largest absolute Gasteiger partial charge is 0.481 e. The molecule has 0 bridgehead atoms. The van der Waals surface area contributed by atoms with E-state index < -0.39 is 5.97 Å². The summed E-state index contributed by atoms with van der Waals surface area (Å²) < 4.78 is 9.63. The summed E-state index contributed by atoms with van der Waals surface area (Å²) in [7, 11) is 1.49. The standard InChI is InChI=1S/C11H14N2O5/c1-17-9-3-2-8(6-13-9)11(16)12-4-5-18-7-10(14)15/h2-3,6H,4-5,7H2,1H3,(H,12,16)(H,14,15). The third kappa shape index (κ3) is 4.79. The number of carbonyl (C=O) groups excluding carboxylic acids is 1. The summed E-state index contributed by atoms with van der Waals surface area (Å²) >= 11 is 0. The van der Waals surface area contributed by atoms with Crippen molar-refractivity contribution in [2.75, 3.05) is 26.9 Å². The van der Waals surface area contributed by atoms with E-state index in [1.807, 2.05) is 0 Å². The van der Waals surface area contributed by atoms with Gasteiger partial charge in [0.1, 0.15) is 6.61 Å². The summed E-state index contributed by atoms with van der Waals surface area (Å²) in [5.74, 6) is -0.916. The maximum Gasteiger partial charge on any atom is 0.329 e. The molecule has 0 aliphatic heterocycles. The molecule has 0 saturated heterocycles. The third-order valence-electron chi connectivity index (χ3n) is 1.97. The fourth-order valence-corrected chi connectivity index (χ4v) is 1.13. The van der Waals surface area contributed by atoms with Crippen molar-refractivity contribution in [2.24, 2.45) is 0 Å². The van der Waals surface area contributed by atoms with Crippen LogP contribution in [0.15, 0.2) is 18.3 Å². The number of methoxy groups -OCH3 is 1. The highest BCUT2D eigenvalue weighted by atomic mass is 16.5. The molecular weight excluding hydrogens is 240 g/mol. The molecule has 1 aromatic rings. The number of aliphatic carboxylic acids is 1. The lowest BCUT2D eigenvalue weighted by atomic mass is 10.2. The summed E-state index contributed by atoms with van der Waals surface area (Å²) in [6.07, 6.45) is 1.40. The number of carboxylic acid groups (broad SMARTS) is 1. The van der Waals surface area contributed by atoms with Crippen LogP contribution in [0.4, 0.5) is 0 Å². The Hall–Kier alpha value is -2.15. The number of carbonyl (C=O) groups is 2. The number of ether oxygens (including phenoxy) is 2. The number of hydrogen-bond acceptors (Lipinski definition) is 5. The lowest BCUT2D eigenvalue weighted by molar-refractivity contribution is -0.142. The van der Waals surface area contributed by atoms with E-state index in [4.69, 9.17) is 14.6 Å². The average Bonchev–Trinajstić information content (AvgIpc) is 2.38. The van der Waals surface area contributed by atoms with E-state index in [-0.39, 0.29) is 25.7 Å². The van der Waals surface area contributed by atoms with E-state index in [1.54, 1.807) is 12.1 Å². The van der Waals surface area contributed by atoms with Gasteiger partial charge in [-0.15, -0.1) is 0 Å². The van der Waals surface area contributed by atoms with Gasteiger partial charge in [-0.05, 0) is 6.07 Å².